The first-order valence-corrected chi connectivity index (χ1v) is 9.03. The number of nitrogens with zero attached hydrogens (tertiary/aromatic N) is 2. The van der Waals surface area contributed by atoms with Crippen LogP contribution in [0.25, 0.3) is 27.6 Å². The number of aromatic nitrogens is 2. The summed E-state index contributed by atoms with van der Waals surface area (Å²) in [5.74, 6) is 0. The molecule has 0 atom stereocenters. The van der Waals surface area contributed by atoms with Crippen LogP contribution in [0.15, 0.2) is 87.0 Å². The highest BCUT2D eigenvalue weighted by atomic mass is 16.3. The zero-order chi connectivity index (χ0) is 19.1. The molecule has 0 radical (unpaired) electrons. The van der Waals surface area contributed by atoms with Crippen molar-refractivity contribution in [3.05, 3.63) is 94.4 Å². The maximum Gasteiger partial charge on any atom is 0.280 e. The van der Waals surface area contributed by atoms with Gasteiger partial charge in [0.25, 0.3) is 5.56 Å². The second-order valence-electron chi connectivity index (χ2n) is 6.66. The van der Waals surface area contributed by atoms with E-state index in [-0.39, 0.29) is 5.56 Å². The van der Waals surface area contributed by atoms with Crippen LogP contribution < -0.4 is 5.56 Å². The van der Waals surface area contributed by atoms with Gasteiger partial charge < -0.3 is 4.42 Å². The highest BCUT2D eigenvalue weighted by molar-refractivity contribution is 6.05. The summed E-state index contributed by atoms with van der Waals surface area (Å²) in [5, 5.41) is 5.25. The van der Waals surface area contributed by atoms with Crippen LogP contribution in [0.1, 0.15) is 11.3 Å². The average molecular weight is 367 g/mol. The molecule has 0 amide bonds. The number of para-hydroxylation sites is 2. The first-order chi connectivity index (χ1) is 13.7. The van der Waals surface area contributed by atoms with Gasteiger partial charge in [-0.15, -0.1) is 0 Å². The molecule has 28 heavy (non-hydrogen) atoms. The molecular formula is C23H17N3O2. The Morgan fingerprint density at radius 3 is 2.54 bits per heavy atom. The third kappa shape index (κ3) is 2.65. The molecule has 136 valence electrons. The van der Waals surface area contributed by atoms with E-state index in [0.29, 0.717) is 5.56 Å². The highest BCUT2D eigenvalue weighted by Crippen LogP contribution is 2.31. The lowest BCUT2D eigenvalue weighted by molar-refractivity contribution is 0.669. The van der Waals surface area contributed by atoms with E-state index in [9.17, 15) is 4.79 Å². The molecule has 5 rings (SSSR count). The van der Waals surface area contributed by atoms with E-state index in [1.54, 1.807) is 6.21 Å². The van der Waals surface area contributed by atoms with Crippen molar-refractivity contribution in [2.24, 2.45) is 4.99 Å². The number of furan rings is 1. The zero-order valence-corrected chi connectivity index (χ0v) is 15.2. The number of benzene rings is 3. The Morgan fingerprint density at radius 2 is 1.68 bits per heavy atom. The van der Waals surface area contributed by atoms with E-state index in [1.807, 2.05) is 79.7 Å². The minimum atomic E-state index is -0.128. The molecule has 0 unspecified atom stereocenters. The normalized spacial score (nSPS) is 11.8. The Balaban J connectivity index is 1.53. The van der Waals surface area contributed by atoms with Crippen molar-refractivity contribution >= 4 is 33.8 Å². The monoisotopic (exact) mass is 367 g/mol. The molecule has 0 spiro atoms. The van der Waals surface area contributed by atoms with Gasteiger partial charge in [0.2, 0.25) is 0 Å². The van der Waals surface area contributed by atoms with Gasteiger partial charge in [0.1, 0.15) is 11.2 Å². The van der Waals surface area contributed by atoms with Crippen LogP contribution in [0.3, 0.4) is 0 Å². The van der Waals surface area contributed by atoms with Gasteiger partial charge in [0, 0.05) is 28.7 Å². The van der Waals surface area contributed by atoms with Crippen molar-refractivity contribution in [2.45, 2.75) is 6.92 Å². The van der Waals surface area contributed by atoms with Gasteiger partial charge in [-0.25, -0.2) is 4.68 Å². The number of H-pyrrole nitrogens is 1. The van der Waals surface area contributed by atoms with Gasteiger partial charge >= 0.3 is 0 Å². The standard InChI is InChI=1S/C23H17N3O2/c1-15-20(23(27)26(25-15)17-7-3-2-4-8-17)14-24-16-11-12-19-18-9-5-6-10-21(18)28-22(19)13-16/h2-14,25H,1H3. The number of nitrogens with one attached hydrogen (secondary N) is 1. The van der Waals surface area contributed by atoms with Gasteiger partial charge in [0.15, 0.2) is 0 Å². The van der Waals surface area contributed by atoms with E-state index in [2.05, 4.69) is 10.1 Å². The summed E-state index contributed by atoms with van der Waals surface area (Å²) in [4.78, 5) is 17.3. The molecule has 2 aromatic heterocycles. The highest BCUT2D eigenvalue weighted by Gasteiger charge is 2.11. The maximum atomic E-state index is 12.8. The summed E-state index contributed by atoms with van der Waals surface area (Å²) in [6.45, 7) is 1.87. The molecule has 5 heteroatoms. The molecule has 0 saturated heterocycles. The van der Waals surface area contributed by atoms with Gasteiger partial charge in [0.05, 0.1) is 16.9 Å². The van der Waals surface area contributed by atoms with E-state index in [4.69, 9.17) is 4.42 Å². The number of hydrogen-bond acceptors (Lipinski definition) is 3. The Labute approximate surface area is 160 Å². The van der Waals surface area contributed by atoms with E-state index in [0.717, 1.165) is 39.0 Å². The van der Waals surface area contributed by atoms with Crippen LogP contribution in [-0.2, 0) is 0 Å². The van der Waals surface area contributed by atoms with E-state index in [1.165, 1.54) is 4.68 Å². The molecule has 5 aromatic rings. The molecule has 0 aliphatic rings. The first-order valence-electron chi connectivity index (χ1n) is 9.03. The third-order valence-electron chi connectivity index (χ3n) is 4.84. The number of aliphatic imine (C=N–C) groups is 1. The zero-order valence-electron chi connectivity index (χ0n) is 15.2. The van der Waals surface area contributed by atoms with Crippen molar-refractivity contribution in [3.8, 4) is 5.69 Å². The lowest BCUT2D eigenvalue weighted by atomic mass is 10.1. The molecule has 3 aromatic carbocycles. The van der Waals surface area contributed by atoms with Crippen molar-refractivity contribution in [1.82, 2.24) is 9.78 Å². The van der Waals surface area contributed by atoms with Crippen LogP contribution >= 0.6 is 0 Å². The molecule has 0 aliphatic carbocycles. The van der Waals surface area contributed by atoms with Crippen LogP contribution in [-0.4, -0.2) is 16.0 Å². The predicted octanol–water partition coefficient (Wildman–Crippen LogP) is 5.12. The minimum Gasteiger partial charge on any atom is -0.456 e. The Hall–Kier alpha value is -3.86. The van der Waals surface area contributed by atoms with Crippen LogP contribution in [0, 0.1) is 6.92 Å². The number of aromatic amines is 1. The molecular weight excluding hydrogens is 350 g/mol. The van der Waals surface area contributed by atoms with Gasteiger partial charge in [-0.1, -0.05) is 36.4 Å². The second-order valence-corrected chi connectivity index (χ2v) is 6.66. The number of hydrogen-bond donors (Lipinski definition) is 1. The molecule has 0 aliphatic heterocycles. The smallest absolute Gasteiger partial charge is 0.280 e. The number of aryl methyl sites for hydroxylation is 1. The van der Waals surface area contributed by atoms with Crippen LogP contribution in [0.5, 0.6) is 0 Å². The van der Waals surface area contributed by atoms with Gasteiger partial charge in [-0.3, -0.25) is 14.9 Å². The Kier molecular flexibility index (Phi) is 3.72. The lowest BCUT2D eigenvalue weighted by Gasteiger charge is -1.99. The summed E-state index contributed by atoms with van der Waals surface area (Å²) in [6.07, 6.45) is 1.61. The minimum absolute atomic E-state index is 0.128. The molecule has 0 fully saturated rings. The SMILES string of the molecule is Cc1[nH]n(-c2ccccc2)c(=O)c1C=Nc1ccc2c(c1)oc1ccccc12. The average Bonchev–Trinajstić information content (AvgIpc) is 3.23. The topological polar surface area (TPSA) is 63.3 Å². The number of rotatable bonds is 3. The fourth-order valence-electron chi connectivity index (χ4n) is 3.40. The predicted molar refractivity (Wildman–Crippen MR) is 112 cm³/mol. The maximum absolute atomic E-state index is 12.8. The summed E-state index contributed by atoms with van der Waals surface area (Å²) >= 11 is 0. The molecule has 0 saturated carbocycles. The summed E-state index contributed by atoms with van der Waals surface area (Å²) in [7, 11) is 0. The first kappa shape index (κ1) is 16.3. The van der Waals surface area contributed by atoms with E-state index < -0.39 is 0 Å². The van der Waals surface area contributed by atoms with Crippen molar-refractivity contribution in [3.63, 3.8) is 0 Å². The summed E-state index contributed by atoms with van der Waals surface area (Å²) in [6, 6.07) is 23.2. The van der Waals surface area contributed by atoms with Crippen molar-refractivity contribution < 1.29 is 4.42 Å². The Morgan fingerprint density at radius 1 is 0.929 bits per heavy atom. The third-order valence-corrected chi connectivity index (χ3v) is 4.84. The molecule has 5 nitrogen and oxygen atoms in total. The van der Waals surface area contributed by atoms with Crippen LogP contribution in [0.4, 0.5) is 5.69 Å². The molecule has 1 N–H and O–H groups in total. The number of fused-ring (bicyclic) bond motifs is 3. The summed E-state index contributed by atoms with van der Waals surface area (Å²) < 4.78 is 7.44. The quantitative estimate of drug-likeness (QED) is 0.450. The fourth-order valence-corrected chi connectivity index (χ4v) is 3.40. The Bertz CT molecular complexity index is 1390. The van der Waals surface area contributed by atoms with E-state index >= 15 is 0 Å². The van der Waals surface area contributed by atoms with Crippen LogP contribution in [0.2, 0.25) is 0 Å². The van der Waals surface area contributed by atoms with Gasteiger partial charge in [-0.05, 0) is 37.3 Å². The summed E-state index contributed by atoms with van der Waals surface area (Å²) in [5.41, 5.74) is 4.33. The molecule has 2 heterocycles. The second kappa shape index (κ2) is 6.39. The van der Waals surface area contributed by atoms with Crippen molar-refractivity contribution in [1.29, 1.82) is 0 Å². The largest absolute Gasteiger partial charge is 0.456 e. The lowest BCUT2D eigenvalue weighted by Crippen LogP contribution is -2.17. The molecule has 0 bridgehead atoms. The van der Waals surface area contributed by atoms with Crippen molar-refractivity contribution in [2.75, 3.05) is 0 Å². The van der Waals surface area contributed by atoms with Gasteiger partial charge in [-0.2, -0.15) is 0 Å². The fraction of sp³-hybridized carbons (Fsp3) is 0.0435.